The van der Waals surface area contributed by atoms with Crippen LogP contribution in [0.15, 0.2) is 54.7 Å². The Kier molecular flexibility index (Phi) is 5.06. The molecule has 2 aliphatic heterocycles. The Balaban J connectivity index is 1.27. The van der Waals surface area contributed by atoms with Crippen LogP contribution < -0.4 is 4.90 Å². The molecule has 1 atom stereocenters. The molecule has 6 rings (SSSR count). The van der Waals surface area contributed by atoms with Crippen molar-refractivity contribution in [3.63, 3.8) is 0 Å². The van der Waals surface area contributed by atoms with E-state index < -0.39 is 0 Å². The van der Waals surface area contributed by atoms with Gasteiger partial charge in [-0.25, -0.2) is 0 Å². The lowest BCUT2D eigenvalue weighted by molar-refractivity contribution is -0.123. The second kappa shape index (κ2) is 8.08. The highest BCUT2D eigenvalue weighted by molar-refractivity contribution is 5.96. The Morgan fingerprint density at radius 3 is 2.72 bits per heavy atom. The van der Waals surface area contributed by atoms with Crippen LogP contribution in [0.2, 0.25) is 0 Å². The summed E-state index contributed by atoms with van der Waals surface area (Å²) in [7, 11) is 0. The van der Waals surface area contributed by atoms with E-state index in [1.807, 2.05) is 0 Å². The first-order valence-corrected chi connectivity index (χ1v) is 12.4. The quantitative estimate of drug-likeness (QED) is 0.597. The normalized spacial score (nSPS) is 24.3. The predicted octanol–water partition coefficient (Wildman–Crippen LogP) is 5.53. The van der Waals surface area contributed by atoms with Crippen molar-refractivity contribution in [3.8, 4) is 0 Å². The number of carbonyl (C=O) groups excluding carboxylic acids is 1. The Labute approximate surface area is 190 Å². The fraction of sp³-hybridized carbons (Fsp3) is 0.464. The first-order valence-electron chi connectivity index (χ1n) is 12.4. The molecule has 1 aliphatic carbocycles. The van der Waals surface area contributed by atoms with Gasteiger partial charge in [0.2, 0.25) is 5.91 Å². The topological polar surface area (TPSA) is 39.3 Å². The van der Waals surface area contributed by atoms with Gasteiger partial charge in [-0.3, -0.25) is 9.69 Å². The number of para-hydroxylation sites is 2. The van der Waals surface area contributed by atoms with Crippen LogP contribution in [0.1, 0.15) is 49.7 Å². The molecule has 166 valence electrons. The number of aromatic nitrogens is 1. The molecule has 1 unspecified atom stereocenters. The average molecular weight is 428 g/mol. The molecule has 32 heavy (non-hydrogen) atoms. The molecule has 1 saturated heterocycles. The van der Waals surface area contributed by atoms with Gasteiger partial charge in [-0.1, -0.05) is 49.2 Å². The van der Waals surface area contributed by atoms with Gasteiger partial charge in [0, 0.05) is 53.8 Å². The van der Waals surface area contributed by atoms with Crippen molar-refractivity contribution in [3.05, 3.63) is 65.9 Å². The summed E-state index contributed by atoms with van der Waals surface area (Å²) < 4.78 is 0. The zero-order valence-electron chi connectivity index (χ0n) is 18.9. The highest BCUT2D eigenvalue weighted by atomic mass is 16.2. The number of piperidine rings is 1. The van der Waals surface area contributed by atoms with Crippen LogP contribution in [0.5, 0.6) is 0 Å². The van der Waals surface area contributed by atoms with Crippen molar-refractivity contribution in [1.82, 2.24) is 9.88 Å². The van der Waals surface area contributed by atoms with Crippen molar-refractivity contribution in [2.24, 2.45) is 11.3 Å². The fourth-order valence-corrected chi connectivity index (χ4v) is 6.62. The van der Waals surface area contributed by atoms with Gasteiger partial charge in [-0.05, 0) is 61.9 Å². The third-order valence-corrected chi connectivity index (χ3v) is 8.12. The Bertz CT molecular complexity index is 1130. The van der Waals surface area contributed by atoms with Crippen LogP contribution in [0, 0.1) is 11.3 Å². The van der Waals surface area contributed by atoms with Gasteiger partial charge in [0.1, 0.15) is 0 Å². The van der Waals surface area contributed by atoms with E-state index in [0.29, 0.717) is 5.91 Å². The largest absolute Gasteiger partial charge is 0.361 e. The SMILES string of the molecule is O=C(C1CCCC1)N1CC2(CCCN(Cc3c[nH]c4ccccc34)C2)Cc2ccccc21. The van der Waals surface area contributed by atoms with E-state index in [2.05, 4.69) is 69.5 Å². The van der Waals surface area contributed by atoms with Crippen LogP contribution in [0.4, 0.5) is 5.69 Å². The monoisotopic (exact) mass is 427 g/mol. The van der Waals surface area contributed by atoms with E-state index >= 15 is 0 Å². The third-order valence-electron chi connectivity index (χ3n) is 8.12. The molecule has 4 nitrogen and oxygen atoms in total. The first-order chi connectivity index (χ1) is 15.7. The van der Waals surface area contributed by atoms with Gasteiger partial charge in [0.15, 0.2) is 0 Å². The fourth-order valence-electron chi connectivity index (χ4n) is 6.62. The molecule has 0 bridgehead atoms. The molecule has 1 N–H and O–H groups in total. The lowest BCUT2D eigenvalue weighted by atomic mass is 9.71. The van der Waals surface area contributed by atoms with E-state index in [-0.39, 0.29) is 11.3 Å². The molecule has 4 heteroatoms. The van der Waals surface area contributed by atoms with Crippen molar-refractivity contribution >= 4 is 22.5 Å². The third kappa shape index (κ3) is 3.55. The van der Waals surface area contributed by atoms with E-state index in [1.165, 1.54) is 53.4 Å². The number of carbonyl (C=O) groups is 1. The Hall–Kier alpha value is -2.59. The highest BCUT2D eigenvalue weighted by Gasteiger charge is 2.44. The smallest absolute Gasteiger partial charge is 0.230 e. The second-order valence-electron chi connectivity index (χ2n) is 10.4. The minimum absolute atomic E-state index is 0.160. The Morgan fingerprint density at radius 1 is 1.00 bits per heavy atom. The summed E-state index contributed by atoms with van der Waals surface area (Å²) in [5, 5.41) is 1.33. The molecule has 0 radical (unpaired) electrons. The van der Waals surface area contributed by atoms with Crippen molar-refractivity contribution in [2.75, 3.05) is 24.5 Å². The van der Waals surface area contributed by atoms with Crippen LogP contribution in [-0.4, -0.2) is 35.4 Å². The van der Waals surface area contributed by atoms with E-state index in [9.17, 15) is 4.79 Å². The molecule has 3 heterocycles. The zero-order chi connectivity index (χ0) is 21.5. The summed E-state index contributed by atoms with van der Waals surface area (Å²) in [6, 6.07) is 17.3. The maximum atomic E-state index is 13.6. The molecule has 2 aromatic carbocycles. The molecule has 1 aromatic heterocycles. The van der Waals surface area contributed by atoms with Gasteiger partial charge < -0.3 is 9.88 Å². The number of nitrogens with one attached hydrogen (secondary N) is 1. The molecule has 3 aromatic rings. The summed E-state index contributed by atoms with van der Waals surface area (Å²) in [6.07, 6.45) is 10.2. The van der Waals surface area contributed by atoms with Gasteiger partial charge in [0.05, 0.1) is 0 Å². The van der Waals surface area contributed by atoms with Crippen LogP contribution in [0.25, 0.3) is 10.9 Å². The predicted molar refractivity (Wildman–Crippen MR) is 130 cm³/mol. The van der Waals surface area contributed by atoms with Crippen LogP contribution in [0.3, 0.4) is 0 Å². The second-order valence-corrected chi connectivity index (χ2v) is 10.4. The molecule has 3 aliphatic rings. The summed E-state index contributed by atoms with van der Waals surface area (Å²) in [6.45, 7) is 4.06. The molecular formula is C28H33N3O. The number of hydrogen-bond donors (Lipinski definition) is 1. The maximum absolute atomic E-state index is 13.6. The average Bonchev–Trinajstić information content (AvgIpc) is 3.49. The minimum Gasteiger partial charge on any atom is -0.361 e. The zero-order valence-corrected chi connectivity index (χ0v) is 18.9. The minimum atomic E-state index is 0.160. The number of aromatic amines is 1. The number of likely N-dealkylation sites (tertiary alicyclic amines) is 1. The summed E-state index contributed by atoms with van der Waals surface area (Å²) in [4.78, 5) is 21.8. The molecule has 1 amide bonds. The number of H-pyrrole nitrogens is 1. The van der Waals surface area contributed by atoms with Crippen molar-refractivity contribution in [2.45, 2.75) is 51.5 Å². The van der Waals surface area contributed by atoms with E-state index in [0.717, 1.165) is 45.4 Å². The van der Waals surface area contributed by atoms with Gasteiger partial charge in [-0.15, -0.1) is 0 Å². The summed E-state index contributed by atoms with van der Waals surface area (Å²) in [5.41, 5.74) is 5.29. The maximum Gasteiger partial charge on any atom is 0.230 e. The number of amides is 1. The molecule has 1 saturated carbocycles. The summed E-state index contributed by atoms with van der Waals surface area (Å²) in [5.74, 6) is 0.604. The standard InChI is InChI=1S/C28H33N3O/c32-27(21-8-1-2-9-21)31-20-28(16-22-10-3-6-13-26(22)31)14-7-15-30(19-28)18-23-17-29-25-12-5-4-11-24(23)25/h3-6,10-13,17,21,29H,1-2,7-9,14-16,18-20H2. The number of nitrogens with zero attached hydrogens (tertiary/aromatic N) is 2. The molecule has 1 spiro atoms. The van der Waals surface area contributed by atoms with Gasteiger partial charge >= 0.3 is 0 Å². The van der Waals surface area contributed by atoms with E-state index in [1.54, 1.807) is 0 Å². The lowest BCUT2D eigenvalue weighted by Crippen LogP contribution is -2.55. The van der Waals surface area contributed by atoms with Crippen LogP contribution >= 0.6 is 0 Å². The number of rotatable bonds is 3. The van der Waals surface area contributed by atoms with E-state index in [4.69, 9.17) is 0 Å². The highest BCUT2D eigenvalue weighted by Crippen LogP contribution is 2.44. The summed E-state index contributed by atoms with van der Waals surface area (Å²) >= 11 is 0. The number of hydrogen-bond acceptors (Lipinski definition) is 2. The Morgan fingerprint density at radius 2 is 1.81 bits per heavy atom. The molecular weight excluding hydrogens is 394 g/mol. The number of benzene rings is 2. The van der Waals surface area contributed by atoms with Crippen molar-refractivity contribution in [1.29, 1.82) is 0 Å². The lowest BCUT2D eigenvalue weighted by Gasteiger charge is -2.49. The van der Waals surface area contributed by atoms with Gasteiger partial charge in [-0.2, -0.15) is 0 Å². The number of fused-ring (bicyclic) bond motifs is 2. The number of anilines is 1. The van der Waals surface area contributed by atoms with Crippen molar-refractivity contribution < 1.29 is 4.79 Å². The first kappa shape index (κ1) is 20.0. The van der Waals surface area contributed by atoms with Gasteiger partial charge in [0.25, 0.3) is 0 Å². The molecule has 2 fully saturated rings. The van der Waals surface area contributed by atoms with Crippen LogP contribution in [-0.2, 0) is 17.8 Å².